The van der Waals surface area contributed by atoms with Crippen LogP contribution in [0.1, 0.15) is 20.3 Å². The van der Waals surface area contributed by atoms with Crippen molar-refractivity contribution in [2.45, 2.75) is 26.4 Å². The molecule has 0 aliphatic carbocycles. The molecule has 4 amide bonds. The molecule has 4 N–H and O–H groups in total. The highest BCUT2D eigenvalue weighted by Gasteiger charge is 2.18. The Labute approximate surface area is 174 Å². The lowest BCUT2D eigenvalue weighted by molar-refractivity contribution is -0.153. The van der Waals surface area contributed by atoms with Gasteiger partial charge in [0, 0.05) is 30.5 Å². The Morgan fingerprint density at radius 2 is 1.40 bits per heavy atom. The average molecular weight is 412 g/mol. The minimum atomic E-state index is -1.01. The molecule has 9 heteroatoms. The summed E-state index contributed by atoms with van der Waals surface area (Å²) < 4.78 is 5.08. The Morgan fingerprint density at radius 3 is 2.00 bits per heavy atom. The monoisotopic (exact) mass is 412 g/mol. The predicted octanol–water partition coefficient (Wildman–Crippen LogP) is 2.73. The van der Waals surface area contributed by atoms with E-state index in [1.54, 1.807) is 48.5 Å². The van der Waals surface area contributed by atoms with Crippen molar-refractivity contribution < 1.29 is 23.9 Å². The number of benzene rings is 2. The fourth-order valence-corrected chi connectivity index (χ4v) is 2.37. The highest BCUT2D eigenvalue weighted by atomic mass is 16.5. The number of hydrogen-bond acceptors (Lipinski definition) is 5. The van der Waals surface area contributed by atoms with Crippen molar-refractivity contribution in [2.75, 3.05) is 22.5 Å². The van der Waals surface area contributed by atoms with Gasteiger partial charge in [-0.3, -0.25) is 14.4 Å². The molecule has 0 aliphatic rings. The van der Waals surface area contributed by atoms with Gasteiger partial charge >= 0.3 is 12.0 Å². The van der Waals surface area contributed by atoms with Crippen molar-refractivity contribution >= 4 is 40.9 Å². The number of rotatable bonds is 8. The van der Waals surface area contributed by atoms with E-state index < -0.39 is 24.0 Å². The van der Waals surface area contributed by atoms with Crippen LogP contribution in [0, 0.1) is 0 Å². The molecule has 2 aromatic rings. The summed E-state index contributed by atoms with van der Waals surface area (Å²) in [6.07, 6.45) is -1.09. The third-order valence-corrected chi connectivity index (χ3v) is 3.80. The summed E-state index contributed by atoms with van der Waals surface area (Å²) in [7, 11) is 0. The second-order valence-electron chi connectivity index (χ2n) is 6.38. The van der Waals surface area contributed by atoms with Crippen LogP contribution in [0.25, 0.3) is 0 Å². The molecule has 158 valence electrons. The highest BCUT2D eigenvalue weighted by molar-refractivity contribution is 5.95. The normalized spacial score (nSPS) is 11.0. The Hall–Kier alpha value is -3.88. The number of esters is 1. The van der Waals surface area contributed by atoms with Gasteiger partial charge in [-0.2, -0.15) is 0 Å². The van der Waals surface area contributed by atoms with E-state index in [9.17, 15) is 19.2 Å². The number of carbonyl (C=O) groups excluding carboxylic acids is 4. The third kappa shape index (κ3) is 8.01. The number of anilines is 3. The van der Waals surface area contributed by atoms with Crippen LogP contribution in [0.2, 0.25) is 0 Å². The van der Waals surface area contributed by atoms with Gasteiger partial charge in [0.15, 0.2) is 6.10 Å². The first-order valence-electron chi connectivity index (χ1n) is 9.31. The van der Waals surface area contributed by atoms with Gasteiger partial charge < -0.3 is 26.0 Å². The SMILES string of the molecule is CC(=O)Nc1ccc(NC(=O)[C@@H](C)OC(=O)CCNC(=O)Nc2ccccc2)cc1. The second-order valence-corrected chi connectivity index (χ2v) is 6.38. The van der Waals surface area contributed by atoms with Crippen molar-refractivity contribution in [2.24, 2.45) is 0 Å². The molecule has 0 unspecified atom stereocenters. The fourth-order valence-electron chi connectivity index (χ4n) is 2.37. The van der Waals surface area contributed by atoms with Crippen molar-refractivity contribution in [1.82, 2.24) is 5.32 Å². The molecule has 0 saturated carbocycles. The molecule has 0 fully saturated rings. The van der Waals surface area contributed by atoms with Crippen LogP contribution in [0.3, 0.4) is 0 Å². The van der Waals surface area contributed by atoms with Crippen LogP contribution in [-0.2, 0) is 19.1 Å². The molecule has 30 heavy (non-hydrogen) atoms. The average Bonchev–Trinajstić information content (AvgIpc) is 2.69. The molecule has 0 spiro atoms. The van der Waals surface area contributed by atoms with Gasteiger partial charge in [0.2, 0.25) is 5.91 Å². The van der Waals surface area contributed by atoms with E-state index in [0.717, 1.165) is 0 Å². The van der Waals surface area contributed by atoms with Crippen molar-refractivity contribution in [3.63, 3.8) is 0 Å². The molecular weight excluding hydrogens is 388 g/mol. The molecule has 0 aliphatic heterocycles. The van der Waals surface area contributed by atoms with Crippen LogP contribution in [0.5, 0.6) is 0 Å². The molecular formula is C21H24N4O5. The largest absolute Gasteiger partial charge is 0.452 e. The maximum absolute atomic E-state index is 12.2. The van der Waals surface area contributed by atoms with Crippen molar-refractivity contribution in [3.05, 3.63) is 54.6 Å². The van der Waals surface area contributed by atoms with Gasteiger partial charge in [-0.1, -0.05) is 18.2 Å². The number of ether oxygens (including phenoxy) is 1. The van der Waals surface area contributed by atoms with Crippen LogP contribution in [0.4, 0.5) is 21.9 Å². The topological polar surface area (TPSA) is 126 Å². The molecule has 0 radical (unpaired) electrons. The van der Waals surface area contributed by atoms with Crippen LogP contribution < -0.4 is 21.3 Å². The minimum Gasteiger partial charge on any atom is -0.452 e. The number of nitrogens with one attached hydrogen (secondary N) is 4. The molecule has 0 heterocycles. The summed E-state index contributed by atoms with van der Waals surface area (Å²) >= 11 is 0. The molecule has 1 atom stereocenters. The van der Waals surface area contributed by atoms with Gasteiger partial charge in [0.05, 0.1) is 6.42 Å². The smallest absolute Gasteiger partial charge is 0.319 e. The van der Waals surface area contributed by atoms with E-state index in [4.69, 9.17) is 4.74 Å². The first-order valence-corrected chi connectivity index (χ1v) is 9.31. The van der Waals surface area contributed by atoms with E-state index in [-0.39, 0.29) is 18.9 Å². The molecule has 9 nitrogen and oxygen atoms in total. The zero-order chi connectivity index (χ0) is 21.9. The van der Waals surface area contributed by atoms with Crippen LogP contribution in [-0.4, -0.2) is 36.5 Å². The Balaban J connectivity index is 1.69. The maximum atomic E-state index is 12.2. The molecule has 0 saturated heterocycles. The molecule has 2 aromatic carbocycles. The number of carbonyl (C=O) groups is 4. The lowest BCUT2D eigenvalue weighted by Gasteiger charge is -2.14. The summed E-state index contributed by atoms with van der Waals surface area (Å²) in [5.74, 6) is -1.30. The summed E-state index contributed by atoms with van der Waals surface area (Å²) in [4.78, 5) is 46.8. The predicted molar refractivity (Wildman–Crippen MR) is 113 cm³/mol. The van der Waals surface area contributed by atoms with E-state index in [0.29, 0.717) is 17.1 Å². The van der Waals surface area contributed by atoms with E-state index in [1.165, 1.54) is 13.8 Å². The van der Waals surface area contributed by atoms with Gasteiger partial charge in [-0.15, -0.1) is 0 Å². The van der Waals surface area contributed by atoms with E-state index in [1.807, 2.05) is 6.07 Å². The van der Waals surface area contributed by atoms with Crippen LogP contribution in [0.15, 0.2) is 54.6 Å². The van der Waals surface area contributed by atoms with Gasteiger partial charge in [0.1, 0.15) is 0 Å². The standard InChI is InChI=1S/C21H24N4O5/c1-14(20(28)24-18-10-8-17(9-11-18)23-15(2)26)30-19(27)12-13-22-21(29)25-16-6-4-3-5-7-16/h3-11,14H,12-13H2,1-2H3,(H,23,26)(H,24,28)(H2,22,25,29)/t14-/m1/s1. The zero-order valence-corrected chi connectivity index (χ0v) is 16.7. The first-order chi connectivity index (χ1) is 14.3. The van der Waals surface area contributed by atoms with Crippen molar-refractivity contribution in [1.29, 1.82) is 0 Å². The van der Waals surface area contributed by atoms with E-state index >= 15 is 0 Å². The van der Waals surface area contributed by atoms with E-state index in [2.05, 4.69) is 21.3 Å². The number of para-hydroxylation sites is 1. The zero-order valence-electron chi connectivity index (χ0n) is 16.7. The Morgan fingerprint density at radius 1 is 0.833 bits per heavy atom. The molecule has 2 rings (SSSR count). The number of urea groups is 1. The number of hydrogen-bond donors (Lipinski definition) is 4. The lowest BCUT2D eigenvalue weighted by atomic mass is 10.2. The molecule has 0 aromatic heterocycles. The Bertz CT molecular complexity index is 884. The summed E-state index contributed by atoms with van der Waals surface area (Å²) in [6, 6.07) is 15.0. The lowest BCUT2D eigenvalue weighted by Crippen LogP contribution is -2.33. The maximum Gasteiger partial charge on any atom is 0.319 e. The number of amides is 4. The van der Waals surface area contributed by atoms with Crippen molar-refractivity contribution in [3.8, 4) is 0 Å². The van der Waals surface area contributed by atoms with Gasteiger partial charge in [-0.25, -0.2) is 4.79 Å². The summed E-state index contributed by atoms with van der Waals surface area (Å²) in [5.41, 5.74) is 1.73. The highest BCUT2D eigenvalue weighted by Crippen LogP contribution is 2.14. The van der Waals surface area contributed by atoms with Gasteiger partial charge in [-0.05, 0) is 43.3 Å². The van der Waals surface area contributed by atoms with Gasteiger partial charge in [0.25, 0.3) is 5.91 Å². The second kappa shape index (κ2) is 11.2. The molecule has 0 bridgehead atoms. The summed E-state index contributed by atoms with van der Waals surface area (Å²) in [6.45, 7) is 2.92. The fraction of sp³-hybridized carbons (Fsp3) is 0.238. The summed E-state index contributed by atoms with van der Waals surface area (Å²) in [5, 5.41) is 10.4. The first kappa shape index (κ1) is 22.4. The third-order valence-electron chi connectivity index (χ3n) is 3.80. The Kier molecular flexibility index (Phi) is 8.37. The van der Waals surface area contributed by atoms with Crippen LogP contribution >= 0.6 is 0 Å². The minimum absolute atomic E-state index is 0.0659. The quantitative estimate of drug-likeness (QED) is 0.496.